The van der Waals surface area contributed by atoms with Gasteiger partial charge in [0.2, 0.25) is 0 Å². The summed E-state index contributed by atoms with van der Waals surface area (Å²) in [6, 6.07) is 8.02. The number of amides is 1. The number of carbonyl (C=O) groups excluding carboxylic acids is 1. The number of rotatable bonds is 4. The zero-order chi connectivity index (χ0) is 23.3. The van der Waals surface area contributed by atoms with E-state index >= 15 is 0 Å². The van der Waals surface area contributed by atoms with E-state index in [-0.39, 0.29) is 48.0 Å². The highest BCUT2D eigenvalue weighted by molar-refractivity contribution is 7.91. The summed E-state index contributed by atoms with van der Waals surface area (Å²) < 4.78 is 31.6. The lowest BCUT2D eigenvalue weighted by molar-refractivity contribution is 0.0758. The molecule has 2 saturated heterocycles. The van der Waals surface area contributed by atoms with E-state index in [1.165, 1.54) is 0 Å². The molecule has 1 N–H and O–H groups in total. The van der Waals surface area contributed by atoms with Crippen LogP contribution in [0.2, 0.25) is 0 Å². The first-order chi connectivity index (χ1) is 15.3. The Morgan fingerprint density at radius 2 is 1.78 bits per heavy atom. The smallest absolute Gasteiger partial charge is 0.270 e. The number of carbonyl (C=O) groups is 1. The number of benzene rings is 1. The fourth-order valence-electron chi connectivity index (χ4n) is 4.19. The van der Waals surface area contributed by atoms with Gasteiger partial charge in [0.1, 0.15) is 17.5 Å². The third kappa shape index (κ3) is 6.10. The molecule has 0 bridgehead atoms. The molecule has 0 radical (unpaired) electrons. The van der Waals surface area contributed by atoms with Crippen molar-refractivity contribution in [2.45, 2.75) is 38.8 Å². The average molecular weight is 504 g/mol. The van der Waals surface area contributed by atoms with Gasteiger partial charge in [0.25, 0.3) is 5.91 Å². The molecule has 0 unspecified atom stereocenters. The van der Waals surface area contributed by atoms with Crippen LogP contribution < -0.4 is 10.1 Å². The Bertz CT molecular complexity index is 1020. The highest BCUT2D eigenvalue weighted by atomic mass is 35.5. The van der Waals surface area contributed by atoms with Crippen molar-refractivity contribution < 1.29 is 17.9 Å². The number of fused-ring (bicyclic) bond motifs is 1. The molecule has 4 rings (SSSR count). The summed E-state index contributed by atoms with van der Waals surface area (Å²) in [5.41, 5.74) is 1.60. The molecule has 0 atom stereocenters. The minimum absolute atomic E-state index is 0.0366. The molecule has 178 valence electrons. The first kappa shape index (κ1) is 25.1. The van der Waals surface area contributed by atoms with Gasteiger partial charge in [-0.25, -0.2) is 8.42 Å². The Labute approximate surface area is 199 Å². The largest absolute Gasteiger partial charge is 0.490 e. The molecule has 1 aromatic heterocycles. The Morgan fingerprint density at radius 3 is 2.38 bits per heavy atom. The molecule has 3 heterocycles. The van der Waals surface area contributed by atoms with Crippen molar-refractivity contribution in [3.05, 3.63) is 30.0 Å². The van der Waals surface area contributed by atoms with Crippen LogP contribution in [0.5, 0.6) is 5.75 Å². The lowest BCUT2D eigenvalue weighted by atomic mass is 10.1. The van der Waals surface area contributed by atoms with E-state index in [0.29, 0.717) is 5.69 Å². The Hall–Kier alpha value is -1.48. The summed E-state index contributed by atoms with van der Waals surface area (Å²) in [6.45, 7) is 6.56. The van der Waals surface area contributed by atoms with Crippen LogP contribution in [-0.4, -0.2) is 72.9 Å². The van der Waals surface area contributed by atoms with Crippen LogP contribution in [0.15, 0.2) is 24.3 Å². The zero-order valence-corrected chi connectivity index (χ0v) is 20.8. The standard InChI is InChI=1S/C21H29N3O4S.CH2Cl2/c1-15(2)24-19-4-3-18(28-17-5-7-22-8-6-17)13-16(19)14-20(24)21(25)23-9-11-29(26,27)12-10-23;2-1-3/h3-4,13-15,17,22H,5-12H2,1-2H3;1H2. The van der Waals surface area contributed by atoms with E-state index in [1.807, 2.05) is 28.8 Å². The maximum absolute atomic E-state index is 13.2. The number of alkyl halides is 2. The summed E-state index contributed by atoms with van der Waals surface area (Å²) in [5, 5.41) is 4.50. The van der Waals surface area contributed by atoms with Crippen LogP contribution in [0.1, 0.15) is 43.2 Å². The van der Waals surface area contributed by atoms with E-state index in [9.17, 15) is 13.2 Å². The van der Waals surface area contributed by atoms with Crippen molar-refractivity contribution >= 4 is 49.8 Å². The fourth-order valence-corrected chi connectivity index (χ4v) is 5.39. The van der Waals surface area contributed by atoms with Gasteiger partial charge in [-0.3, -0.25) is 4.79 Å². The van der Waals surface area contributed by atoms with Crippen LogP contribution in [-0.2, 0) is 9.84 Å². The van der Waals surface area contributed by atoms with Gasteiger partial charge in [-0.2, -0.15) is 0 Å². The molecule has 7 nitrogen and oxygen atoms in total. The molecule has 2 fully saturated rings. The van der Waals surface area contributed by atoms with Crippen molar-refractivity contribution in [1.29, 1.82) is 0 Å². The zero-order valence-electron chi connectivity index (χ0n) is 18.5. The summed E-state index contributed by atoms with van der Waals surface area (Å²) in [4.78, 5) is 14.8. The summed E-state index contributed by atoms with van der Waals surface area (Å²) >= 11 is 9.53. The number of piperidine rings is 1. The fraction of sp³-hybridized carbons (Fsp3) is 0.591. The summed E-state index contributed by atoms with van der Waals surface area (Å²) in [7, 11) is -3.02. The van der Waals surface area contributed by atoms with Crippen LogP contribution in [0.4, 0.5) is 0 Å². The number of nitrogens with zero attached hydrogens (tertiary/aromatic N) is 2. The molecule has 0 spiro atoms. The van der Waals surface area contributed by atoms with E-state index in [1.54, 1.807) is 4.90 Å². The lowest BCUT2D eigenvalue weighted by Gasteiger charge is -2.27. The minimum atomic E-state index is -3.02. The number of aromatic nitrogens is 1. The number of ether oxygens (including phenoxy) is 1. The maximum Gasteiger partial charge on any atom is 0.270 e. The van der Waals surface area contributed by atoms with Gasteiger partial charge in [0.05, 0.1) is 16.8 Å². The first-order valence-corrected chi connectivity index (χ1v) is 13.8. The molecule has 1 aromatic carbocycles. The second-order valence-electron chi connectivity index (χ2n) is 8.33. The normalized spacial score (nSPS) is 19.0. The van der Waals surface area contributed by atoms with Crippen molar-refractivity contribution in [3.63, 3.8) is 0 Å². The van der Waals surface area contributed by atoms with Gasteiger partial charge >= 0.3 is 0 Å². The van der Waals surface area contributed by atoms with Crippen molar-refractivity contribution in [2.75, 3.05) is 43.0 Å². The van der Waals surface area contributed by atoms with E-state index < -0.39 is 9.84 Å². The first-order valence-electron chi connectivity index (χ1n) is 10.9. The van der Waals surface area contributed by atoms with Crippen LogP contribution >= 0.6 is 23.2 Å². The van der Waals surface area contributed by atoms with E-state index in [2.05, 4.69) is 19.2 Å². The van der Waals surface area contributed by atoms with Gasteiger partial charge in [-0.1, -0.05) is 0 Å². The molecule has 0 saturated carbocycles. The molecular formula is C22H31Cl2N3O4S. The molecule has 1 amide bonds. The van der Waals surface area contributed by atoms with Crippen LogP contribution in [0.3, 0.4) is 0 Å². The molecule has 32 heavy (non-hydrogen) atoms. The minimum Gasteiger partial charge on any atom is -0.490 e. The molecule has 2 aliphatic rings. The average Bonchev–Trinajstić information content (AvgIpc) is 3.13. The van der Waals surface area contributed by atoms with E-state index in [4.69, 9.17) is 27.9 Å². The van der Waals surface area contributed by atoms with Gasteiger partial charge in [-0.05, 0) is 64.0 Å². The van der Waals surface area contributed by atoms with Crippen molar-refractivity contribution in [3.8, 4) is 5.75 Å². The highest BCUT2D eigenvalue weighted by Crippen LogP contribution is 2.29. The topological polar surface area (TPSA) is 80.6 Å². The quantitative estimate of drug-likeness (QED) is 0.644. The number of sulfone groups is 1. The van der Waals surface area contributed by atoms with Crippen LogP contribution in [0, 0.1) is 0 Å². The number of hydrogen-bond donors (Lipinski definition) is 1. The van der Waals surface area contributed by atoms with Crippen molar-refractivity contribution in [2.24, 2.45) is 0 Å². The third-order valence-corrected chi connectivity index (χ3v) is 7.38. The molecule has 2 aromatic rings. The molecule has 10 heteroatoms. The Morgan fingerprint density at radius 1 is 1.16 bits per heavy atom. The predicted octanol–water partition coefficient (Wildman–Crippen LogP) is 3.65. The summed E-state index contributed by atoms with van der Waals surface area (Å²) in [6.07, 6.45) is 2.21. The predicted molar refractivity (Wildman–Crippen MR) is 130 cm³/mol. The number of hydrogen-bond acceptors (Lipinski definition) is 5. The SMILES string of the molecule is CC(C)n1c(C(=O)N2CCS(=O)(=O)CC2)cc2cc(OC3CCNCC3)ccc21.ClCCl. The monoisotopic (exact) mass is 503 g/mol. The number of nitrogens with one attached hydrogen (secondary N) is 1. The van der Waals surface area contributed by atoms with Gasteiger partial charge < -0.3 is 19.5 Å². The van der Waals surface area contributed by atoms with E-state index in [0.717, 1.165) is 42.6 Å². The van der Waals surface area contributed by atoms with Crippen LogP contribution in [0.25, 0.3) is 10.9 Å². The third-order valence-electron chi connectivity index (χ3n) is 5.77. The Balaban J connectivity index is 0.000000913. The second kappa shape index (κ2) is 11.1. The highest BCUT2D eigenvalue weighted by Gasteiger charge is 2.28. The summed E-state index contributed by atoms with van der Waals surface area (Å²) in [5.74, 6) is 0.794. The van der Waals surface area contributed by atoms with Gasteiger partial charge in [0.15, 0.2) is 9.84 Å². The maximum atomic E-state index is 13.2. The van der Waals surface area contributed by atoms with Gasteiger partial charge in [0, 0.05) is 30.0 Å². The number of halogens is 2. The van der Waals surface area contributed by atoms with Crippen molar-refractivity contribution in [1.82, 2.24) is 14.8 Å². The molecule has 2 aliphatic heterocycles. The van der Waals surface area contributed by atoms with Gasteiger partial charge in [-0.15, -0.1) is 23.2 Å². The second-order valence-corrected chi connectivity index (χ2v) is 11.4. The Kier molecular flexibility index (Phi) is 8.72. The molecular weight excluding hydrogens is 473 g/mol. The lowest BCUT2D eigenvalue weighted by Crippen LogP contribution is -2.44. The molecule has 0 aliphatic carbocycles.